The van der Waals surface area contributed by atoms with E-state index < -0.39 is 0 Å². The van der Waals surface area contributed by atoms with E-state index in [2.05, 4.69) is 17.1 Å². The summed E-state index contributed by atoms with van der Waals surface area (Å²) in [5, 5.41) is 12.6. The molecule has 0 saturated carbocycles. The Bertz CT molecular complexity index is 293. The Morgan fingerprint density at radius 3 is 2.43 bits per heavy atom. The highest BCUT2D eigenvalue weighted by Gasteiger charge is 2.30. The van der Waals surface area contributed by atoms with E-state index in [-0.39, 0.29) is 42.7 Å². The predicted octanol–water partition coefficient (Wildman–Crippen LogP) is 0.989. The average Bonchev–Trinajstić information content (AvgIpc) is 2.38. The van der Waals surface area contributed by atoms with Gasteiger partial charge in [-0.2, -0.15) is 0 Å². The quantitative estimate of drug-likeness (QED) is 0.755. The van der Waals surface area contributed by atoms with E-state index in [9.17, 15) is 9.90 Å². The van der Waals surface area contributed by atoms with Gasteiger partial charge in [0.2, 0.25) is 5.91 Å². The van der Waals surface area contributed by atoms with E-state index in [4.69, 9.17) is 0 Å². The fourth-order valence-electron chi connectivity index (χ4n) is 2.77. The average molecular weight is 344 g/mol. The van der Waals surface area contributed by atoms with Crippen LogP contribution < -0.4 is 5.32 Å². The third-order valence-corrected chi connectivity index (χ3v) is 3.82. The molecule has 7 heteroatoms. The van der Waals surface area contributed by atoms with Gasteiger partial charge in [-0.15, -0.1) is 24.8 Å². The normalized spacial score (nSPS) is 22.0. The zero-order valence-electron chi connectivity index (χ0n) is 13.5. The summed E-state index contributed by atoms with van der Waals surface area (Å²) in [6.07, 6.45) is 0.705. The minimum absolute atomic E-state index is 0. The van der Waals surface area contributed by atoms with Crippen LogP contribution in [-0.4, -0.2) is 72.7 Å². The van der Waals surface area contributed by atoms with Crippen LogP contribution >= 0.6 is 24.8 Å². The summed E-state index contributed by atoms with van der Waals surface area (Å²) in [6, 6.07) is 0.370. The van der Waals surface area contributed by atoms with Crippen LogP contribution in [0.2, 0.25) is 0 Å². The van der Waals surface area contributed by atoms with Crippen molar-refractivity contribution in [1.82, 2.24) is 15.1 Å². The fourth-order valence-corrected chi connectivity index (χ4v) is 2.77. The van der Waals surface area contributed by atoms with Crippen molar-refractivity contribution in [3.05, 3.63) is 0 Å². The SMILES string of the molecule is CCC1CN(C(=O)C(C)CNC)CCN1CC(C)O.Cl.Cl. The largest absolute Gasteiger partial charge is 0.392 e. The van der Waals surface area contributed by atoms with E-state index in [1.165, 1.54) is 0 Å². The molecule has 1 saturated heterocycles. The number of hydrogen-bond acceptors (Lipinski definition) is 4. The van der Waals surface area contributed by atoms with Crippen molar-refractivity contribution >= 4 is 30.7 Å². The molecular weight excluding hydrogens is 313 g/mol. The summed E-state index contributed by atoms with van der Waals surface area (Å²) in [5.74, 6) is 0.273. The Labute approximate surface area is 141 Å². The molecule has 0 aromatic carbocycles. The molecule has 1 amide bonds. The molecule has 3 unspecified atom stereocenters. The summed E-state index contributed by atoms with van der Waals surface area (Å²) < 4.78 is 0. The Kier molecular flexibility index (Phi) is 12.7. The van der Waals surface area contributed by atoms with Crippen molar-refractivity contribution in [1.29, 1.82) is 0 Å². The second kappa shape index (κ2) is 11.5. The maximum atomic E-state index is 12.3. The first-order valence-corrected chi connectivity index (χ1v) is 7.35. The molecule has 0 bridgehead atoms. The number of carbonyl (C=O) groups is 1. The molecule has 128 valence electrons. The lowest BCUT2D eigenvalue weighted by Crippen LogP contribution is -2.57. The molecule has 0 radical (unpaired) electrons. The molecular formula is C14H31Cl2N3O2. The summed E-state index contributed by atoms with van der Waals surface area (Å²) in [5.41, 5.74) is 0. The monoisotopic (exact) mass is 343 g/mol. The lowest BCUT2D eigenvalue weighted by atomic mass is 10.1. The van der Waals surface area contributed by atoms with Gasteiger partial charge in [0.05, 0.1) is 6.10 Å². The number of nitrogens with zero attached hydrogens (tertiary/aromatic N) is 2. The van der Waals surface area contributed by atoms with E-state index >= 15 is 0 Å². The zero-order valence-corrected chi connectivity index (χ0v) is 15.2. The summed E-state index contributed by atoms with van der Waals surface area (Å²) in [7, 11) is 1.87. The van der Waals surface area contributed by atoms with Crippen molar-refractivity contribution in [3.63, 3.8) is 0 Å². The number of aliphatic hydroxyl groups excluding tert-OH is 1. The molecule has 0 aliphatic carbocycles. The van der Waals surface area contributed by atoms with Crippen LogP contribution in [0.5, 0.6) is 0 Å². The summed E-state index contributed by atoms with van der Waals surface area (Å²) >= 11 is 0. The third-order valence-electron chi connectivity index (χ3n) is 3.82. The summed E-state index contributed by atoms with van der Waals surface area (Å²) in [4.78, 5) is 16.6. The Balaban J connectivity index is 0. The van der Waals surface area contributed by atoms with Crippen LogP contribution in [0, 0.1) is 5.92 Å². The predicted molar refractivity (Wildman–Crippen MR) is 91.5 cm³/mol. The molecule has 1 rings (SSSR count). The number of hydrogen-bond donors (Lipinski definition) is 2. The first kappa shape index (κ1) is 23.2. The van der Waals surface area contributed by atoms with Crippen LogP contribution in [0.4, 0.5) is 0 Å². The zero-order chi connectivity index (χ0) is 14.4. The fraction of sp³-hybridized carbons (Fsp3) is 0.929. The molecule has 1 heterocycles. The van der Waals surface area contributed by atoms with Crippen molar-refractivity contribution in [2.75, 3.05) is 39.8 Å². The minimum atomic E-state index is -0.306. The van der Waals surface area contributed by atoms with Gasteiger partial charge in [-0.05, 0) is 20.4 Å². The number of nitrogens with one attached hydrogen (secondary N) is 1. The maximum Gasteiger partial charge on any atom is 0.226 e. The van der Waals surface area contributed by atoms with Gasteiger partial charge >= 0.3 is 0 Å². The van der Waals surface area contributed by atoms with Crippen molar-refractivity contribution in [2.45, 2.75) is 39.3 Å². The van der Waals surface area contributed by atoms with Gasteiger partial charge in [-0.25, -0.2) is 0 Å². The first-order chi connectivity index (χ1) is 8.99. The number of rotatable bonds is 6. The molecule has 1 aliphatic rings. The van der Waals surface area contributed by atoms with Crippen LogP contribution in [0.15, 0.2) is 0 Å². The van der Waals surface area contributed by atoms with Gasteiger partial charge in [-0.3, -0.25) is 9.69 Å². The van der Waals surface area contributed by atoms with E-state index in [0.29, 0.717) is 12.6 Å². The standard InChI is InChI=1S/C14H29N3O2.2ClH/c1-5-13-10-17(14(19)11(2)8-15-4)7-6-16(13)9-12(3)18;;/h11-13,15,18H,5-10H2,1-4H3;2*1H. The number of β-amino-alcohol motifs (C(OH)–C–C–N with tert-alkyl or cyclic N) is 1. The molecule has 1 fully saturated rings. The van der Waals surface area contributed by atoms with Gasteiger partial charge in [0, 0.05) is 44.7 Å². The number of carbonyl (C=O) groups excluding carboxylic acids is 1. The third kappa shape index (κ3) is 7.15. The minimum Gasteiger partial charge on any atom is -0.392 e. The molecule has 0 spiro atoms. The van der Waals surface area contributed by atoms with Crippen molar-refractivity contribution < 1.29 is 9.90 Å². The smallest absolute Gasteiger partial charge is 0.226 e. The molecule has 3 atom stereocenters. The molecule has 1 aliphatic heterocycles. The Morgan fingerprint density at radius 2 is 1.95 bits per heavy atom. The number of halogens is 2. The first-order valence-electron chi connectivity index (χ1n) is 7.35. The van der Waals surface area contributed by atoms with Gasteiger partial charge in [0.15, 0.2) is 0 Å². The van der Waals surface area contributed by atoms with Crippen LogP contribution in [-0.2, 0) is 4.79 Å². The van der Waals surface area contributed by atoms with Crippen LogP contribution in [0.25, 0.3) is 0 Å². The van der Waals surface area contributed by atoms with Crippen LogP contribution in [0.1, 0.15) is 27.2 Å². The lowest BCUT2D eigenvalue weighted by Gasteiger charge is -2.42. The summed E-state index contributed by atoms with van der Waals surface area (Å²) in [6.45, 7) is 9.79. The van der Waals surface area contributed by atoms with Gasteiger partial charge < -0.3 is 15.3 Å². The van der Waals surface area contributed by atoms with Crippen LogP contribution in [0.3, 0.4) is 0 Å². The highest BCUT2D eigenvalue weighted by atomic mass is 35.5. The Morgan fingerprint density at radius 1 is 1.33 bits per heavy atom. The maximum absolute atomic E-state index is 12.3. The van der Waals surface area contributed by atoms with E-state index in [1.807, 2.05) is 25.8 Å². The number of aliphatic hydroxyl groups is 1. The van der Waals surface area contributed by atoms with Crippen molar-refractivity contribution in [2.24, 2.45) is 5.92 Å². The molecule has 0 aromatic rings. The van der Waals surface area contributed by atoms with Gasteiger partial charge in [0.25, 0.3) is 0 Å². The Hall–Kier alpha value is -0.0700. The number of amides is 1. The second-order valence-electron chi connectivity index (χ2n) is 5.65. The lowest BCUT2D eigenvalue weighted by molar-refractivity contribution is -0.138. The van der Waals surface area contributed by atoms with Crippen molar-refractivity contribution in [3.8, 4) is 0 Å². The van der Waals surface area contributed by atoms with Gasteiger partial charge in [0.1, 0.15) is 0 Å². The molecule has 21 heavy (non-hydrogen) atoms. The number of piperazine rings is 1. The highest BCUT2D eigenvalue weighted by molar-refractivity contribution is 5.85. The van der Waals surface area contributed by atoms with E-state index in [1.54, 1.807) is 0 Å². The molecule has 2 N–H and O–H groups in total. The van der Waals surface area contributed by atoms with Gasteiger partial charge in [-0.1, -0.05) is 13.8 Å². The molecule has 5 nitrogen and oxygen atoms in total. The second-order valence-corrected chi connectivity index (χ2v) is 5.65. The highest BCUT2D eigenvalue weighted by Crippen LogP contribution is 2.15. The van der Waals surface area contributed by atoms with E-state index in [0.717, 1.165) is 32.6 Å². The topological polar surface area (TPSA) is 55.8 Å². The molecule has 0 aromatic heterocycles.